The minimum atomic E-state index is 0.107. The van der Waals surface area contributed by atoms with Crippen LogP contribution < -0.4 is 0 Å². The van der Waals surface area contributed by atoms with E-state index in [1.807, 2.05) is 30.3 Å². The van der Waals surface area contributed by atoms with E-state index in [2.05, 4.69) is 164 Å². The molecule has 0 N–H and O–H groups in total. The van der Waals surface area contributed by atoms with Gasteiger partial charge in [0.15, 0.2) is 17.5 Å². The minimum Gasteiger partial charge on any atom is -0.455 e. The molecule has 0 radical (unpaired) electrons. The van der Waals surface area contributed by atoms with Crippen LogP contribution in [0.25, 0.3) is 89.5 Å². The number of rotatable bonds is 6. The lowest BCUT2D eigenvalue weighted by atomic mass is 9.89. The number of benzene rings is 8. The van der Waals surface area contributed by atoms with E-state index in [1.54, 1.807) is 0 Å². The lowest BCUT2D eigenvalue weighted by Gasteiger charge is -2.15. The number of fused-ring (bicyclic) bond motifs is 6. The molecule has 11 rings (SSSR count). The highest BCUT2D eigenvalue weighted by Gasteiger charge is 2.30. The predicted octanol–water partition coefficient (Wildman–Crippen LogP) is 13.3. The van der Waals surface area contributed by atoms with Gasteiger partial charge in [0, 0.05) is 27.8 Å². The Labute approximate surface area is 324 Å². The first-order chi connectivity index (χ1) is 27.7. The summed E-state index contributed by atoms with van der Waals surface area (Å²) in [6.07, 6.45) is 0. The topological polar surface area (TPSA) is 51.8 Å². The Kier molecular flexibility index (Phi) is 7.52. The van der Waals surface area contributed by atoms with Crippen LogP contribution in [0.2, 0.25) is 0 Å². The van der Waals surface area contributed by atoms with Crippen LogP contribution in [0, 0.1) is 0 Å². The average Bonchev–Trinajstić information content (AvgIpc) is 3.83. The largest absolute Gasteiger partial charge is 0.455 e. The molecule has 4 nitrogen and oxygen atoms in total. The van der Waals surface area contributed by atoms with Crippen molar-refractivity contribution in [1.82, 2.24) is 15.0 Å². The molecule has 0 spiro atoms. The molecule has 8 aromatic carbocycles. The molecule has 4 heteroatoms. The van der Waals surface area contributed by atoms with E-state index in [4.69, 9.17) is 19.4 Å². The van der Waals surface area contributed by atoms with Gasteiger partial charge in [-0.15, -0.1) is 0 Å². The van der Waals surface area contributed by atoms with Crippen molar-refractivity contribution in [3.05, 3.63) is 211 Å². The second-order valence-corrected chi connectivity index (χ2v) is 14.3. The fourth-order valence-electron chi connectivity index (χ4n) is 8.38. The van der Waals surface area contributed by atoms with Gasteiger partial charge in [0.2, 0.25) is 0 Å². The lowest BCUT2D eigenvalue weighted by Crippen LogP contribution is -2.02. The maximum absolute atomic E-state index is 6.51. The number of furan rings is 1. The van der Waals surface area contributed by atoms with E-state index < -0.39 is 0 Å². The third-order valence-corrected chi connectivity index (χ3v) is 11.0. The molecule has 2 aromatic heterocycles. The Bertz CT molecular complexity index is 3090. The molecule has 0 amide bonds. The molecule has 0 saturated heterocycles. The number of hydrogen-bond donors (Lipinski definition) is 0. The Morgan fingerprint density at radius 3 is 1.68 bits per heavy atom. The highest BCUT2D eigenvalue weighted by molar-refractivity contribution is 6.09. The minimum absolute atomic E-state index is 0.107. The van der Waals surface area contributed by atoms with Crippen LogP contribution in [-0.2, 0) is 0 Å². The third kappa shape index (κ3) is 5.42. The molecule has 1 unspecified atom stereocenters. The maximum atomic E-state index is 6.51. The van der Waals surface area contributed by atoms with Crippen molar-refractivity contribution in [2.75, 3.05) is 0 Å². The highest BCUT2D eigenvalue weighted by Crippen LogP contribution is 2.49. The molecule has 1 aliphatic rings. The van der Waals surface area contributed by atoms with Gasteiger partial charge in [-0.25, -0.2) is 15.0 Å². The zero-order valence-electron chi connectivity index (χ0n) is 30.3. The number of para-hydroxylation sites is 2. The summed E-state index contributed by atoms with van der Waals surface area (Å²) >= 11 is 0. The molecule has 262 valence electrons. The van der Waals surface area contributed by atoms with Crippen molar-refractivity contribution >= 4 is 21.9 Å². The number of hydrogen-bond acceptors (Lipinski definition) is 4. The summed E-state index contributed by atoms with van der Waals surface area (Å²) in [7, 11) is 0. The molecule has 1 aliphatic carbocycles. The van der Waals surface area contributed by atoms with E-state index in [1.165, 1.54) is 38.9 Å². The standard InChI is InChI=1S/C52H33N3O/c1-3-14-33(15-4-1)35-18-11-19-36(30-35)37-20-12-21-38(31-37)50-53-51(55-52(54-50)45-26-13-25-44-42-23-9-10-27-47(42)56-49(44)45)39-28-29-41-40-22-7-8-24-43(40)48(46(41)32-39)34-16-5-2-6-17-34/h1-32,48H. The Morgan fingerprint density at radius 1 is 0.339 bits per heavy atom. The van der Waals surface area contributed by atoms with Crippen molar-refractivity contribution in [1.29, 1.82) is 0 Å². The van der Waals surface area contributed by atoms with Crippen molar-refractivity contribution < 1.29 is 4.42 Å². The molecule has 0 saturated carbocycles. The van der Waals surface area contributed by atoms with Gasteiger partial charge in [-0.2, -0.15) is 0 Å². The molecule has 2 heterocycles. The summed E-state index contributed by atoms with van der Waals surface area (Å²) in [6, 6.07) is 68.2. The van der Waals surface area contributed by atoms with Crippen molar-refractivity contribution in [3.8, 4) is 67.5 Å². The Hall–Kier alpha value is -7.43. The fourth-order valence-corrected chi connectivity index (χ4v) is 8.38. The molecular formula is C52H33N3O. The van der Waals surface area contributed by atoms with Crippen LogP contribution in [0.15, 0.2) is 199 Å². The smallest absolute Gasteiger partial charge is 0.167 e. The summed E-state index contributed by atoms with van der Waals surface area (Å²) in [5.74, 6) is 1.88. The predicted molar refractivity (Wildman–Crippen MR) is 227 cm³/mol. The van der Waals surface area contributed by atoms with Gasteiger partial charge in [-0.1, -0.05) is 164 Å². The molecule has 1 atom stereocenters. The van der Waals surface area contributed by atoms with E-state index in [9.17, 15) is 0 Å². The van der Waals surface area contributed by atoms with E-state index in [0.29, 0.717) is 17.5 Å². The van der Waals surface area contributed by atoms with Gasteiger partial charge in [-0.3, -0.25) is 0 Å². The van der Waals surface area contributed by atoms with Crippen LogP contribution in [0.4, 0.5) is 0 Å². The zero-order valence-corrected chi connectivity index (χ0v) is 30.3. The molecule has 56 heavy (non-hydrogen) atoms. The maximum Gasteiger partial charge on any atom is 0.167 e. The second kappa shape index (κ2) is 13.2. The highest BCUT2D eigenvalue weighted by atomic mass is 16.3. The van der Waals surface area contributed by atoms with Gasteiger partial charge >= 0.3 is 0 Å². The van der Waals surface area contributed by atoms with Gasteiger partial charge in [0.05, 0.1) is 5.56 Å². The van der Waals surface area contributed by atoms with Crippen LogP contribution in [0.5, 0.6) is 0 Å². The zero-order chi connectivity index (χ0) is 37.0. The van der Waals surface area contributed by atoms with Gasteiger partial charge in [0.1, 0.15) is 11.2 Å². The van der Waals surface area contributed by atoms with Crippen LogP contribution in [-0.4, -0.2) is 15.0 Å². The third-order valence-electron chi connectivity index (χ3n) is 11.0. The second-order valence-electron chi connectivity index (χ2n) is 14.3. The normalized spacial score (nSPS) is 13.2. The SMILES string of the molecule is c1ccc(-c2cccc(-c3cccc(-c4nc(-c5ccc6c(c5)C(c5ccccc5)c5ccccc5-6)nc(-c5cccc6c5oc5ccccc56)n4)c3)c2)cc1. The molecule has 10 aromatic rings. The summed E-state index contributed by atoms with van der Waals surface area (Å²) in [5, 5.41) is 2.09. The fraction of sp³-hybridized carbons (Fsp3) is 0.0192. The summed E-state index contributed by atoms with van der Waals surface area (Å²) in [4.78, 5) is 15.7. The monoisotopic (exact) mass is 715 g/mol. The van der Waals surface area contributed by atoms with Gasteiger partial charge in [-0.05, 0) is 80.4 Å². The van der Waals surface area contributed by atoms with Crippen LogP contribution in [0.3, 0.4) is 0 Å². The Balaban J connectivity index is 1.09. The molecular weight excluding hydrogens is 683 g/mol. The van der Waals surface area contributed by atoms with Gasteiger partial charge in [0.25, 0.3) is 0 Å². The first-order valence-corrected chi connectivity index (χ1v) is 19.0. The lowest BCUT2D eigenvalue weighted by molar-refractivity contribution is 0.669. The van der Waals surface area contributed by atoms with Crippen molar-refractivity contribution in [2.45, 2.75) is 5.92 Å². The van der Waals surface area contributed by atoms with E-state index >= 15 is 0 Å². The quantitative estimate of drug-likeness (QED) is 0.172. The van der Waals surface area contributed by atoms with E-state index in [-0.39, 0.29) is 5.92 Å². The van der Waals surface area contributed by atoms with Gasteiger partial charge < -0.3 is 4.42 Å². The molecule has 0 fully saturated rings. The molecule has 0 aliphatic heterocycles. The molecule has 0 bridgehead atoms. The Morgan fingerprint density at radius 2 is 0.875 bits per heavy atom. The number of aromatic nitrogens is 3. The van der Waals surface area contributed by atoms with E-state index in [0.717, 1.165) is 49.8 Å². The summed E-state index contributed by atoms with van der Waals surface area (Å²) < 4.78 is 6.51. The summed E-state index contributed by atoms with van der Waals surface area (Å²) in [6.45, 7) is 0. The first kappa shape index (κ1) is 32.0. The van der Waals surface area contributed by atoms with Crippen molar-refractivity contribution in [3.63, 3.8) is 0 Å². The first-order valence-electron chi connectivity index (χ1n) is 19.0. The van der Waals surface area contributed by atoms with Crippen LogP contribution >= 0.6 is 0 Å². The summed E-state index contributed by atoms with van der Waals surface area (Å²) in [5.41, 5.74) is 15.2. The average molecular weight is 716 g/mol. The van der Waals surface area contributed by atoms with Crippen LogP contribution in [0.1, 0.15) is 22.6 Å². The number of nitrogens with zero attached hydrogens (tertiary/aromatic N) is 3. The van der Waals surface area contributed by atoms with Crippen molar-refractivity contribution in [2.24, 2.45) is 0 Å².